The first-order valence-corrected chi connectivity index (χ1v) is 7.57. The zero-order valence-electron chi connectivity index (χ0n) is 12.6. The number of likely N-dealkylation sites (tertiary alicyclic amines) is 1. The molecule has 3 rings (SSSR count). The second kappa shape index (κ2) is 5.53. The van der Waals surface area contributed by atoms with Crippen LogP contribution in [0.3, 0.4) is 0 Å². The molecule has 2 unspecified atom stereocenters. The van der Waals surface area contributed by atoms with Gasteiger partial charge in [-0.25, -0.2) is 0 Å². The fourth-order valence-electron chi connectivity index (χ4n) is 3.07. The van der Waals surface area contributed by atoms with Crippen LogP contribution in [0.1, 0.15) is 19.0 Å². The minimum absolute atomic E-state index is 0.0883. The zero-order chi connectivity index (χ0) is 15.0. The average molecular weight is 286 g/mol. The number of β-amino-alcohol motifs (C(OH)–C–C–N with tert-alkyl or cyclic N) is 1. The van der Waals surface area contributed by atoms with Gasteiger partial charge in [-0.3, -0.25) is 4.79 Å². The van der Waals surface area contributed by atoms with E-state index in [1.54, 1.807) is 4.90 Å². The van der Waals surface area contributed by atoms with Crippen molar-refractivity contribution in [1.82, 2.24) is 9.47 Å². The third-order valence-electron chi connectivity index (χ3n) is 4.58. The van der Waals surface area contributed by atoms with Gasteiger partial charge in [-0.1, -0.05) is 25.1 Å². The van der Waals surface area contributed by atoms with Crippen molar-refractivity contribution < 1.29 is 9.90 Å². The third kappa shape index (κ3) is 2.68. The number of hydrogen-bond donors (Lipinski definition) is 1. The van der Waals surface area contributed by atoms with Gasteiger partial charge < -0.3 is 14.6 Å². The molecule has 0 aliphatic carbocycles. The molecule has 112 valence electrons. The van der Waals surface area contributed by atoms with Gasteiger partial charge in [0.2, 0.25) is 5.91 Å². The Bertz CT molecular complexity index is 662. The van der Waals surface area contributed by atoms with Crippen molar-refractivity contribution in [3.05, 3.63) is 36.0 Å². The van der Waals surface area contributed by atoms with Gasteiger partial charge >= 0.3 is 0 Å². The molecule has 0 radical (unpaired) electrons. The van der Waals surface area contributed by atoms with E-state index in [1.165, 1.54) is 0 Å². The molecule has 4 nitrogen and oxygen atoms in total. The fraction of sp³-hybridized carbons (Fsp3) is 0.471. The summed E-state index contributed by atoms with van der Waals surface area (Å²) in [6.07, 6.45) is 0.475. The molecule has 0 saturated carbocycles. The van der Waals surface area contributed by atoms with E-state index in [0.717, 1.165) is 29.6 Å². The maximum Gasteiger partial charge on any atom is 0.242 e. The van der Waals surface area contributed by atoms with E-state index in [1.807, 2.05) is 32.0 Å². The highest BCUT2D eigenvalue weighted by Crippen LogP contribution is 2.21. The van der Waals surface area contributed by atoms with E-state index in [9.17, 15) is 9.90 Å². The summed E-state index contributed by atoms with van der Waals surface area (Å²) in [5.41, 5.74) is 2.18. The normalized spacial score (nSPS) is 22.7. The molecule has 1 aromatic heterocycles. The van der Waals surface area contributed by atoms with Crippen LogP contribution in [0.25, 0.3) is 10.9 Å². The lowest BCUT2D eigenvalue weighted by Gasteiger charge is -2.34. The number of hydrogen-bond acceptors (Lipinski definition) is 2. The maximum atomic E-state index is 12.5. The van der Waals surface area contributed by atoms with Gasteiger partial charge in [-0.2, -0.15) is 0 Å². The second-order valence-electron chi connectivity index (χ2n) is 6.10. The van der Waals surface area contributed by atoms with Crippen LogP contribution in [0.15, 0.2) is 30.3 Å². The number of benzene rings is 1. The zero-order valence-corrected chi connectivity index (χ0v) is 12.6. The molecular weight excluding hydrogens is 264 g/mol. The van der Waals surface area contributed by atoms with Crippen molar-refractivity contribution in [2.75, 3.05) is 13.1 Å². The molecule has 1 amide bonds. The molecule has 21 heavy (non-hydrogen) atoms. The highest BCUT2D eigenvalue weighted by atomic mass is 16.3. The van der Waals surface area contributed by atoms with Crippen LogP contribution in [0, 0.1) is 12.8 Å². The molecule has 1 saturated heterocycles. The SMILES string of the molecule is Cc1cc2ccccc2n1CC(=O)N1CCC(C)C(O)C1. The van der Waals surface area contributed by atoms with Gasteiger partial charge in [-0.15, -0.1) is 0 Å². The first kappa shape index (κ1) is 14.1. The molecular formula is C17H22N2O2. The van der Waals surface area contributed by atoms with Gasteiger partial charge in [0.1, 0.15) is 6.54 Å². The van der Waals surface area contributed by atoms with Crippen LogP contribution in [0.2, 0.25) is 0 Å². The summed E-state index contributed by atoms with van der Waals surface area (Å²) >= 11 is 0. The third-order valence-corrected chi connectivity index (χ3v) is 4.58. The molecule has 2 heterocycles. The van der Waals surface area contributed by atoms with Gasteiger partial charge in [0.15, 0.2) is 0 Å². The monoisotopic (exact) mass is 286 g/mol. The van der Waals surface area contributed by atoms with Crippen molar-refractivity contribution in [2.24, 2.45) is 5.92 Å². The topological polar surface area (TPSA) is 45.5 Å². The minimum atomic E-state index is -0.398. The quantitative estimate of drug-likeness (QED) is 0.919. The van der Waals surface area contributed by atoms with E-state index < -0.39 is 6.10 Å². The lowest BCUT2D eigenvalue weighted by Crippen LogP contribution is -2.46. The van der Waals surface area contributed by atoms with Gasteiger partial charge in [0.05, 0.1) is 6.10 Å². The number of aliphatic hydroxyl groups excluding tert-OH is 1. The summed E-state index contributed by atoms with van der Waals surface area (Å²) in [5, 5.41) is 11.1. The van der Waals surface area contributed by atoms with Crippen molar-refractivity contribution >= 4 is 16.8 Å². The summed E-state index contributed by atoms with van der Waals surface area (Å²) in [7, 11) is 0. The fourth-order valence-corrected chi connectivity index (χ4v) is 3.07. The van der Waals surface area contributed by atoms with Crippen LogP contribution in [-0.2, 0) is 11.3 Å². The number of para-hydroxylation sites is 1. The molecule has 2 atom stereocenters. The van der Waals surface area contributed by atoms with Crippen LogP contribution in [0.4, 0.5) is 0 Å². The van der Waals surface area contributed by atoms with Gasteiger partial charge in [0, 0.05) is 24.3 Å². The van der Waals surface area contributed by atoms with Crippen molar-refractivity contribution in [3.8, 4) is 0 Å². The van der Waals surface area contributed by atoms with Crippen LogP contribution >= 0.6 is 0 Å². The molecule has 1 aliphatic rings. The first-order valence-electron chi connectivity index (χ1n) is 7.57. The van der Waals surface area contributed by atoms with Crippen LogP contribution < -0.4 is 0 Å². The Morgan fingerprint density at radius 3 is 2.90 bits per heavy atom. The number of aromatic nitrogens is 1. The summed E-state index contributed by atoms with van der Waals surface area (Å²) in [5.74, 6) is 0.369. The van der Waals surface area contributed by atoms with Gasteiger partial charge in [-0.05, 0) is 36.8 Å². The summed E-state index contributed by atoms with van der Waals surface area (Å²) in [6, 6.07) is 10.2. The minimum Gasteiger partial charge on any atom is -0.391 e. The Morgan fingerprint density at radius 2 is 2.14 bits per heavy atom. The molecule has 1 N–H and O–H groups in total. The standard InChI is InChI=1S/C17H22N2O2/c1-12-7-8-18(10-16(12)20)17(21)11-19-13(2)9-14-5-3-4-6-15(14)19/h3-6,9,12,16,20H,7-8,10-11H2,1-2H3. The molecule has 1 aromatic carbocycles. The molecule has 2 aromatic rings. The van der Waals surface area contributed by atoms with Crippen molar-refractivity contribution in [3.63, 3.8) is 0 Å². The number of carbonyl (C=O) groups is 1. The number of fused-ring (bicyclic) bond motifs is 1. The molecule has 0 spiro atoms. The predicted octanol–water partition coefficient (Wildman–Crippen LogP) is 2.18. The first-order chi connectivity index (χ1) is 10.1. The van der Waals surface area contributed by atoms with E-state index in [-0.39, 0.29) is 11.8 Å². The van der Waals surface area contributed by atoms with Gasteiger partial charge in [0.25, 0.3) is 0 Å². The Balaban J connectivity index is 1.79. The number of aliphatic hydroxyl groups is 1. The summed E-state index contributed by atoms with van der Waals surface area (Å²) in [6.45, 7) is 5.62. The number of nitrogens with zero attached hydrogens (tertiary/aromatic N) is 2. The van der Waals surface area contributed by atoms with Crippen molar-refractivity contribution in [2.45, 2.75) is 32.9 Å². The number of amides is 1. The smallest absolute Gasteiger partial charge is 0.242 e. The Morgan fingerprint density at radius 1 is 1.38 bits per heavy atom. The number of piperidine rings is 1. The Hall–Kier alpha value is -1.81. The predicted molar refractivity (Wildman–Crippen MR) is 83.0 cm³/mol. The number of rotatable bonds is 2. The lowest BCUT2D eigenvalue weighted by atomic mass is 9.96. The van der Waals surface area contributed by atoms with Crippen LogP contribution in [-0.4, -0.2) is 39.7 Å². The molecule has 1 fully saturated rings. The van der Waals surface area contributed by atoms with E-state index in [0.29, 0.717) is 13.1 Å². The van der Waals surface area contributed by atoms with Crippen molar-refractivity contribution in [1.29, 1.82) is 0 Å². The van der Waals surface area contributed by atoms with E-state index >= 15 is 0 Å². The van der Waals surface area contributed by atoms with E-state index in [4.69, 9.17) is 0 Å². The number of aryl methyl sites for hydroxylation is 1. The second-order valence-corrected chi connectivity index (χ2v) is 6.10. The lowest BCUT2D eigenvalue weighted by molar-refractivity contribution is -0.136. The average Bonchev–Trinajstić information content (AvgIpc) is 2.78. The highest BCUT2D eigenvalue weighted by Gasteiger charge is 2.27. The Kier molecular flexibility index (Phi) is 3.72. The van der Waals surface area contributed by atoms with E-state index in [2.05, 4.69) is 16.7 Å². The molecule has 0 bridgehead atoms. The largest absolute Gasteiger partial charge is 0.391 e. The van der Waals surface area contributed by atoms with Crippen LogP contribution in [0.5, 0.6) is 0 Å². The summed E-state index contributed by atoms with van der Waals surface area (Å²) < 4.78 is 2.06. The molecule has 1 aliphatic heterocycles. The number of carbonyl (C=O) groups excluding carboxylic acids is 1. The maximum absolute atomic E-state index is 12.5. The molecule has 4 heteroatoms. The highest BCUT2D eigenvalue weighted by molar-refractivity contribution is 5.84. The summed E-state index contributed by atoms with van der Waals surface area (Å²) in [4.78, 5) is 14.3. The Labute approximate surface area is 125 Å².